The van der Waals surface area contributed by atoms with Crippen LogP contribution in [0.4, 0.5) is 0 Å². The molecule has 2 N–H and O–H groups in total. The minimum atomic E-state index is 0.197. The third-order valence-electron chi connectivity index (χ3n) is 4.00. The van der Waals surface area contributed by atoms with Gasteiger partial charge in [0.05, 0.1) is 6.04 Å². The maximum Gasteiger partial charge on any atom is 0.167 e. The van der Waals surface area contributed by atoms with Crippen LogP contribution in [0.3, 0.4) is 0 Å². The van der Waals surface area contributed by atoms with Crippen molar-refractivity contribution in [3.63, 3.8) is 0 Å². The summed E-state index contributed by atoms with van der Waals surface area (Å²) in [5.74, 6) is 0.490. The summed E-state index contributed by atoms with van der Waals surface area (Å²) in [5.41, 5.74) is 2.87. The Bertz CT molecular complexity index is 481. The van der Waals surface area contributed by atoms with Crippen molar-refractivity contribution >= 4 is 17.3 Å². The molecule has 21 heavy (non-hydrogen) atoms. The van der Waals surface area contributed by atoms with E-state index in [1.807, 2.05) is 0 Å². The van der Waals surface area contributed by atoms with Gasteiger partial charge in [0, 0.05) is 6.04 Å². The van der Waals surface area contributed by atoms with Crippen LogP contribution in [-0.4, -0.2) is 11.2 Å². The van der Waals surface area contributed by atoms with Gasteiger partial charge in [-0.05, 0) is 47.5 Å². The normalized spacial score (nSPS) is 16.7. The van der Waals surface area contributed by atoms with Crippen molar-refractivity contribution in [3.05, 3.63) is 35.4 Å². The van der Waals surface area contributed by atoms with Crippen LogP contribution in [0.1, 0.15) is 64.6 Å². The first-order valence-corrected chi connectivity index (χ1v) is 8.35. The zero-order chi connectivity index (χ0) is 15.6. The Kier molecular flexibility index (Phi) is 4.92. The minimum Gasteiger partial charge on any atom is -0.360 e. The van der Waals surface area contributed by atoms with Gasteiger partial charge in [0.25, 0.3) is 0 Å². The summed E-state index contributed by atoms with van der Waals surface area (Å²) in [7, 11) is 0. The van der Waals surface area contributed by atoms with Gasteiger partial charge in [-0.15, -0.1) is 0 Å². The van der Waals surface area contributed by atoms with Crippen LogP contribution >= 0.6 is 12.2 Å². The van der Waals surface area contributed by atoms with Gasteiger partial charge in [-0.2, -0.15) is 0 Å². The molecule has 0 unspecified atom stereocenters. The summed E-state index contributed by atoms with van der Waals surface area (Å²) < 4.78 is 0. The molecule has 0 aliphatic heterocycles. The molecule has 2 rings (SSSR count). The molecule has 0 aromatic heterocycles. The molecule has 0 bridgehead atoms. The Labute approximate surface area is 134 Å². The van der Waals surface area contributed by atoms with Crippen LogP contribution in [0.15, 0.2) is 24.3 Å². The lowest BCUT2D eigenvalue weighted by Crippen LogP contribution is -2.40. The topological polar surface area (TPSA) is 24.1 Å². The average Bonchev–Trinajstić information content (AvgIpc) is 3.18. The smallest absolute Gasteiger partial charge is 0.167 e. The number of benzene rings is 1. The van der Waals surface area contributed by atoms with Crippen LogP contribution in [0, 0.1) is 5.92 Å². The SMILES string of the molecule is CC(C)[C@@H](NC(=S)NC1CC1)c1ccc(C(C)(C)C)cc1. The third kappa shape index (κ3) is 4.70. The van der Waals surface area contributed by atoms with E-state index in [-0.39, 0.29) is 11.5 Å². The number of nitrogens with one attached hydrogen (secondary N) is 2. The van der Waals surface area contributed by atoms with E-state index in [0.29, 0.717) is 12.0 Å². The van der Waals surface area contributed by atoms with Gasteiger partial charge in [-0.1, -0.05) is 58.9 Å². The molecule has 1 aliphatic carbocycles. The maximum absolute atomic E-state index is 5.43. The molecule has 1 saturated carbocycles. The first-order valence-electron chi connectivity index (χ1n) is 7.95. The molecule has 1 atom stereocenters. The lowest BCUT2D eigenvalue weighted by atomic mass is 9.85. The molecule has 0 radical (unpaired) electrons. The van der Waals surface area contributed by atoms with E-state index in [1.165, 1.54) is 24.0 Å². The highest BCUT2D eigenvalue weighted by molar-refractivity contribution is 7.80. The van der Waals surface area contributed by atoms with Crippen molar-refractivity contribution in [1.29, 1.82) is 0 Å². The van der Waals surface area contributed by atoms with Gasteiger partial charge in [0.15, 0.2) is 5.11 Å². The molecular weight excluding hydrogens is 276 g/mol. The van der Waals surface area contributed by atoms with Crippen molar-refractivity contribution in [2.45, 2.75) is 65.0 Å². The maximum atomic E-state index is 5.43. The van der Waals surface area contributed by atoms with E-state index in [4.69, 9.17) is 12.2 Å². The minimum absolute atomic E-state index is 0.197. The lowest BCUT2D eigenvalue weighted by Gasteiger charge is -2.26. The van der Waals surface area contributed by atoms with Crippen molar-refractivity contribution in [2.75, 3.05) is 0 Å². The standard InChI is InChI=1S/C18H28N2S/c1-12(2)16(20-17(21)19-15-10-11-15)13-6-8-14(9-7-13)18(3,4)5/h6-9,12,15-16H,10-11H2,1-5H3,(H2,19,20,21)/t16-/m1/s1. The zero-order valence-electron chi connectivity index (χ0n) is 13.9. The van der Waals surface area contributed by atoms with Crippen LogP contribution < -0.4 is 10.6 Å². The third-order valence-corrected chi connectivity index (χ3v) is 4.24. The molecule has 3 heteroatoms. The fourth-order valence-electron chi connectivity index (χ4n) is 2.42. The van der Waals surface area contributed by atoms with E-state index >= 15 is 0 Å². The van der Waals surface area contributed by atoms with Gasteiger partial charge in [-0.3, -0.25) is 0 Å². The fraction of sp³-hybridized carbons (Fsp3) is 0.611. The number of hydrogen-bond donors (Lipinski definition) is 2. The van der Waals surface area contributed by atoms with E-state index in [2.05, 4.69) is 69.5 Å². The van der Waals surface area contributed by atoms with E-state index in [9.17, 15) is 0 Å². The van der Waals surface area contributed by atoms with Crippen molar-refractivity contribution < 1.29 is 0 Å². The quantitative estimate of drug-likeness (QED) is 0.811. The van der Waals surface area contributed by atoms with E-state index < -0.39 is 0 Å². The summed E-state index contributed by atoms with van der Waals surface area (Å²) in [5, 5.41) is 7.64. The highest BCUT2D eigenvalue weighted by atomic mass is 32.1. The van der Waals surface area contributed by atoms with Crippen LogP contribution in [-0.2, 0) is 5.41 Å². The molecule has 1 aromatic carbocycles. The van der Waals surface area contributed by atoms with Gasteiger partial charge in [-0.25, -0.2) is 0 Å². The first kappa shape index (κ1) is 16.3. The van der Waals surface area contributed by atoms with Gasteiger partial charge >= 0.3 is 0 Å². The second-order valence-electron chi connectivity index (χ2n) is 7.49. The molecule has 0 heterocycles. The van der Waals surface area contributed by atoms with Gasteiger partial charge in [0.2, 0.25) is 0 Å². The molecule has 1 fully saturated rings. The second-order valence-corrected chi connectivity index (χ2v) is 7.89. The Hall–Kier alpha value is -1.09. The molecule has 0 saturated heterocycles. The Morgan fingerprint density at radius 3 is 2.14 bits per heavy atom. The van der Waals surface area contributed by atoms with Crippen molar-refractivity contribution in [3.8, 4) is 0 Å². The Balaban J connectivity index is 2.08. The van der Waals surface area contributed by atoms with Crippen molar-refractivity contribution in [2.24, 2.45) is 5.92 Å². The number of thiocarbonyl (C=S) groups is 1. The highest BCUT2D eigenvalue weighted by Crippen LogP contribution is 2.27. The van der Waals surface area contributed by atoms with E-state index in [0.717, 1.165) is 5.11 Å². The van der Waals surface area contributed by atoms with Gasteiger partial charge in [0.1, 0.15) is 0 Å². The summed E-state index contributed by atoms with van der Waals surface area (Å²) >= 11 is 5.43. The molecule has 0 amide bonds. The monoisotopic (exact) mass is 304 g/mol. The lowest BCUT2D eigenvalue weighted by molar-refractivity contribution is 0.468. The van der Waals surface area contributed by atoms with Crippen molar-refractivity contribution in [1.82, 2.24) is 10.6 Å². The molecule has 1 aliphatic rings. The summed E-state index contributed by atoms with van der Waals surface area (Å²) in [4.78, 5) is 0. The second kappa shape index (κ2) is 6.35. The number of hydrogen-bond acceptors (Lipinski definition) is 1. The Morgan fingerprint density at radius 2 is 1.71 bits per heavy atom. The summed E-state index contributed by atoms with van der Waals surface area (Å²) in [6.45, 7) is 11.2. The fourth-order valence-corrected chi connectivity index (χ4v) is 2.71. The molecule has 2 nitrogen and oxygen atoms in total. The number of rotatable bonds is 4. The molecule has 116 valence electrons. The highest BCUT2D eigenvalue weighted by Gasteiger charge is 2.24. The summed E-state index contributed by atoms with van der Waals surface area (Å²) in [6, 6.07) is 9.81. The predicted octanol–water partition coefficient (Wildman–Crippen LogP) is 4.31. The first-order chi connectivity index (χ1) is 9.77. The largest absolute Gasteiger partial charge is 0.360 e. The zero-order valence-corrected chi connectivity index (χ0v) is 14.7. The molecule has 0 spiro atoms. The van der Waals surface area contributed by atoms with E-state index in [1.54, 1.807) is 0 Å². The Morgan fingerprint density at radius 1 is 1.14 bits per heavy atom. The summed E-state index contributed by atoms with van der Waals surface area (Å²) in [6.07, 6.45) is 2.49. The van der Waals surface area contributed by atoms with Crippen LogP contribution in [0.5, 0.6) is 0 Å². The van der Waals surface area contributed by atoms with Crippen LogP contribution in [0.2, 0.25) is 0 Å². The average molecular weight is 305 g/mol. The van der Waals surface area contributed by atoms with Crippen LogP contribution in [0.25, 0.3) is 0 Å². The predicted molar refractivity (Wildman–Crippen MR) is 94.6 cm³/mol. The molecule has 1 aromatic rings. The molecular formula is C18H28N2S. The van der Waals surface area contributed by atoms with Gasteiger partial charge < -0.3 is 10.6 Å².